The number of nitrogens with one attached hydrogen (secondary N) is 1. The minimum absolute atomic E-state index is 0.498. The first kappa shape index (κ1) is 12.9. The second-order valence-corrected chi connectivity index (χ2v) is 6.79. The van der Waals surface area contributed by atoms with Crippen LogP contribution in [0.15, 0.2) is 30.6 Å². The van der Waals surface area contributed by atoms with Gasteiger partial charge in [0, 0.05) is 54.4 Å². The van der Waals surface area contributed by atoms with Crippen molar-refractivity contribution < 1.29 is 8.42 Å². The van der Waals surface area contributed by atoms with Crippen molar-refractivity contribution in [1.82, 2.24) is 13.6 Å². The molecule has 1 aliphatic rings. The zero-order chi connectivity index (χ0) is 13.5. The monoisotopic (exact) mass is 299 g/mol. The Balaban J connectivity index is 2.02. The zero-order valence-electron chi connectivity index (χ0n) is 10.2. The third kappa shape index (κ3) is 2.36. The predicted octanol–water partition coefficient (Wildman–Crippen LogP) is 1.29. The third-order valence-corrected chi connectivity index (χ3v) is 5.25. The summed E-state index contributed by atoms with van der Waals surface area (Å²) >= 11 is 5.91. The van der Waals surface area contributed by atoms with E-state index in [1.807, 2.05) is 6.07 Å². The van der Waals surface area contributed by atoms with Crippen molar-refractivity contribution in [3.63, 3.8) is 0 Å². The molecule has 1 N–H and O–H groups in total. The van der Waals surface area contributed by atoms with E-state index in [2.05, 4.69) is 5.32 Å². The van der Waals surface area contributed by atoms with E-state index >= 15 is 0 Å². The molecule has 0 saturated carbocycles. The molecular weight excluding hydrogens is 286 g/mol. The van der Waals surface area contributed by atoms with Gasteiger partial charge in [-0.15, -0.1) is 0 Å². The molecule has 7 heteroatoms. The lowest BCUT2D eigenvalue weighted by Crippen LogP contribution is -2.47. The van der Waals surface area contributed by atoms with Gasteiger partial charge < -0.3 is 5.32 Å². The Hall–Kier alpha value is -1.08. The molecule has 0 unspecified atom stereocenters. The smallest absolute Gasteiger partial charge is 0.307 e. The van der Waals surface area contributed by atoms with Gasteiger partial charge in [-0.05, 0) is 12.1 Å². The Morgan fingerprint density at radius 2 is 1.79 bits per heavy atom. The third-order valence-electron chi connectivity index (χ3n) is 3.25. The van der Waals surface area contributed by atoms with Crippen LogP contribution >= 0.6 is 11.6 Å². The van der Waals surface area contributed by atoms with Crippen LogP contribution in [0.25, 0.3) is 10.8 Å². The molecule has 0 atom stereocenters. The van der Waals surface area contributed by atoms with Gasteiger partial charge >= 0.3 is 10.2 Å². The molecule has 1 saturated heterocycles. The molecule has 0 aliphatic carbocycles. The van der Waals surface area contributed by atoms with E-state index in [-0.39, 0.29) is 0 Å². The van der Waals surface area contributed by atoms with Gasteiger partial charge in [-0.25, -0.2) is 3.97 Å². The lowest BCUT2D eigenvalue weighted by molar-refractivity contribution is 0.356. The molecule has 5 nitrogen and oxygen atoms in total. The average molecular weight is 300 g/mol. The van der Waals surface area contributed by atoms with Gasteiger partial charge in [0.05, 0.1) is 0 Å². The topological polar surface area (TPSA) is 54.3 Å². The summed E-state index contributed by atoms with van der Waals surface area (Å²) in [5.74, 6) is 0. The Bertz CT molecular complexity index is 705. The molecule has 0 radical (unpaired) electrons. The van der Waals surface area contributed by atoms with E-state index < -0.39 is 10.2 Å². The Morgan fingerprint density at radius 3 is 2.53 bits per heavy atom. The molecule has 1 fully saturated rings. The lowest BCUT2D eigenvalue weighted by atomic mass is 10.2. The van der Waals surface area contributed by atoms with Crippen LogP contribution in [-0.4, -0.2) is 42.9 Å². The van der Waals surface area contributed by atoms with Crippen molar-refractivity contribution in [3.8, 4) is 0 Å². The van der Waals surface area contributed by atoms with E-state index in [4.69, 9.17) is 11.6 Å². The van der Waals surface area contributed by atoms with Gasteiger partial charge in [0.2, 0.25) is 0 Å². The van der Waals surface area contributed by atoms with Crippen LogP contribution < -0.4 is 5.32 Å². The lowest BCUT2D eigenvalue weighted by Gasteiger charge is -2.26. The van der Waals surface area contributed by atoms with E-state index in [1.54, 1.807) is 24.5 Å². The quantitative estimate of drug-likeness (QED) is 0.909. The second kappa shape index (κ2) is 4.79. The van der Waals surface area contributed by atoms with Gasteiger partial charge in [-0.3, -0.25) is 0 Å². The highest BCUT2D eigenvalue weighted by Crippen LogP contribution is 2.22. The van der Waals surface area contributed by atoms with Crippen LogP contribution in [0.2, 0.25) is 5.02 Å². The second-order valence-electron chi connectivity index (χ2n) is 4.52. The van der Waals surface area contributed by atoms with Gasteiger partial charge in [0.25, 0.3) is 0 Å². The molecule has 1 aromatic heterocycles. The number of nitrogens with zero attached hydrogens (tertiary/aromatic N) is 2. The van der Waals surface area contributed by atoms with E-state index in [9.17, 15) is 8.42 Å². The van der Waals surface area contributed by atoms with Crippen LogP contribution in [0.5, 0.6) is 0 Å². The van der Waals surface area contributed by atoms with Crippen molar-refractivity contribution >= 4 is 32.6 Å². The zero-order valence-corrected chi connectivity index (χ0v) is 11.8. The fourth-order valence-corrected chi connectivity index (χ4v) is 3.81. The number of aromatic nitrogens is 1. The van der Waals surface area contributed by atoms with Gasteiger partial charge in [-0.1, -0.05) is 17.7 Å². The summed E-state index contributed by atoms with van der Waals surface area (Å²) < 4.78 is 27.7. The minimum atomic E-state index is -3.47. The molecule has 0 spiro atoms. The number of piperazine rings is 1. The van der Waals surface area contributed by atoms with Gasteiger partial charge in [0.15, 0.2) is 0 Å². The summed E-state index contributed by atoms with van der Waals surface area (Å²) in [7, 11) is -3.47. The van der Waals surface area contributed by atoms with Crippen LogP contribution in [0.4, 0.5) is 0 Å². The molecule has 0 bridgehead atoms. The van der Waals surface area contributed by atoms with E-state index in [0.717, 1.165) is 10.8 Å². The number of halogens is 1. The summed E-state index contributed by atoms with van der Waals surface area (Å²) in [4.78, 5) is 0. The van der Waals surface area contributed by atoms with Crippen molar-refractivity contribution in [2.45, 2.75) is 0 Å². The van der Waals surface area contributed by atoms with Crippen molar-refractivity contribution in [1.29, 1.82) is 0 Å². The Morgan fingerprint density at radius 1 is 1.11 bits per heavy atom. The average Bonchev–Trinajstić information content (AvgIpc) is 2.83. The first-order valence-corrected chi connectivity index (χ1v) is 7.83. The number of benzene rings is 1. The van der Waals surface area contributed by atoms with Crippen molar-refractivity contribution in [3.05, 3.63) is 35.6 Å². The summed E-state index contributed by atoms with van der Waals surface area (Å²) in [5, 5.41) is 5.43. The Kier molecular flexibility index (Phi) is 3.26. The van der Waals surface area contributed by atoms with Gasteiger partial charge in [-0.2, -0.15) is 12.7 Å². The van der Waals surface area contributed by atoms with Crippen LogP contribution in [0.3, 0.4) is 0 Å². The number of hydrogen-bond acceptors (Lipinski definition) is 3. The fourth-order valence-electron chi connectivity index (χ4n) is 2.23. The molecule has 3 rings (SSSR count). The normalized spacial score (nSPS) is 17.9. The highest BCUT2D eigenvalue weighted by Gasteiger charge is 2.25. The van der Waals surface area contributed by atoms with Crippen LogP contribution in [0.1, 0.15) is 0 Å². The first-order chi connectivity index (χ1) is 9.07. The molecule has 1 aliphatic heterocycles. The number of rotatable bonds is 2. The summed E-state index contributed by atoms with van der Waals surface area (Å²) in [6, 6.07) is 5.34. The number of fused-ring (bicyclic) bond motifs is 1. The Labute approximate surface area is 116 Å². The maximum absolute atomic E-state index is 12.5. The summed E-state index contributed by atoms with van der Waals surface area (Å²) in [6.45, 7) is 2.37. The van der Waals surface area contributed by atoms with Crippen LogP contribution in [-0.2, 0) is 10.2 Å². The predicted molar refractivity (Wildman–Crippen MR) is 75.7 cm³/mol. The largest absolute Gasteiger partial charge is 0.314 e. The van der Waals surface area contributed by atoms with E-state index in [0.29, 0.717) is 31.2 Å². The SMILES string of the molecule is O=S(=O)(N1CCNCC1)n1cc2ccc(Cl)cc2c1. The highest BCUT2D eigenvalue weighted by atomic mass is 35.5. The maximum Gasteiger partial charge on any atom is 0.307 e. The molecule has 0 amide bonds. The first-order valence-electron chi connectivity index (χ1n) is 6.06. The fraction of sp³-hybridized carbons (Fsp3) is 0.333. The van der Waals surface area contributed by atoms with Crippen molar-refractivity contribution in [2.24, 2.45) is 0 Å². The molecule has 2 aromatic rings. The van der Waals surface area contributed by atoms with Crippen LogP contribution in [0, 0.1) is 0 Å². The van der Waals surface area contributed by atoms with Crippen molar-refractivity contribution in [2.75, 3.05) is 26.2 Å². The summed E-state index contributed by atoms with van der Waals surface area (Å²) in [5.41, 5.74) is 0. The molecule has 2 heterocycles. The molecular formula is C12H14ClN3O2S. The molecule has 19 heavy (non-hydrogen) atoms. The van der Waals surface area contributed by atoms with E-state index in [1.165, 1.54) is 8.28 Å². The number of hydrogen-bond donors (Lipinski definition) is 1. The highest BCUT2D eigenvalue weighted by molar-refractivity contribution is 7.87. The minimum Gasteiger partial charge on any atom is -0.314 e. The standard InChI is InChI=1S/C12H14ClN3O2S/c13-12-2-1-10-8-16(9-11(10)7-12)19(17,18)15-5-3-14-4-6-15/h1-2,7-9,14H,3-6H2. The maximum atomic E-state index is 12.5. The van der Waals surface area contributed by atoms with Gasteiger partial charge in [0.1, 0.15) is 0 Å². The molecule has 102 valence electrons. The molecule has 1 aromatic carbocycles. The summed E-state index contributed by atoms with van der Waals surface area (Å²) in [6.07, 6.45) is 3.24.